The Labute approximate surface area is 129 Å². The zero-order chi connectivity index (χ0) is 14.0. The molecule has 1 heterocycles. The van der Waals surface area contributed by atoms with E-state index in [0.29, 0.717) is 0 Å². The van der Waals surface area contributed by atoms with Crippen LogP contribution in [0.4, 0.5) is 0 Å². The van der Waals surface area contributed by atoms with Gasteiger partial charge in [-0.2, -0.15) is 0 Å². The average Bonchev–Trinajstić information content (AvgIpc) is 2.44. The predicted octanol–water partition coefficient (Wildman–Crippen LogP) is 4.10. The fraction of sp³-hybridized carbons (Fsp3) is 0.333. The second-order valence-electron chi connectivity index (χ2n) is 5.71. The molecule has 1 aliphatic rings. The van der Waals surface area contributed by atoms with E-state index >= 15 is 0 Å². The van der Waals surface area contributed by atoms with Crippen molar-refractivity contribution in [2.45, 2.75) is 25.2 Å². The molecule has 0 amide bonds. The van der Waals surface area contributed by atoms with E-state index < -0.39 is 0 Å². The Balaban J connectivity index is 1.88. The first-order chi connectivity index (χ1) is 9.73. The van der Waals surface area contributed by atoms with Gasteiger partial charge in [0.1, 0.15) is 0 Å². The molecule has 0 unspecified atom stereocenters. The molecule has 20 heavy (non-hydrogen) atoms. The van der Waals surface area contributed by atoms with Crippen molar-refractivity contribution in [3.8, 4) is 0 Å². The quantitative estimate of drug-likeness (QED) is 0.890. The SMILES string of the molecule is CCc1ccc(CC2(c3ccccc3Br)CNC2)cc1. The van der Waals surface area contributed by atoms with Gasteiger partial charge in [0.2, 0.25) is 0 Å². The maximum Gasteiger partial charge on any atom is 0.0254 e. The Kier molecular flexibility index (Phi) is 3.95. The monoisotopic (exact) mass is 329 g/mol. The van der Waals surface area contributed by atoms with Gasteiger partial charge in [-0.25, -0.2) is 0 Å². The number of halogens is 1. The minimum absolute atomic E-state index is 0.244. The Morgan fingerprint density at radius 1 is 1.00 bits per heavy atom. The van der Waals surface area contributed by atoms with Crippen LogP contribution in [0.15, 0.2) is 53.0 Å². The van der Waals surface area contributed by atoms with Gasteiger partial charge in [-0.1, -0.05) is 65.3 Å². The van der Waals surface area contributed by atoms with Gasteiger partial charge in [-0.15, -0.1) is 0 Å². The summed E-state index contributed by atoms with van der Waals surface area (Å²) >= 11 is 3.72. The van der Waals surface area contributed by atoms with Gasteiger partial charge in [-0.3, -0.25) is 0 Å². The standard InChI is InChI=1S/C18H20BrN/c1-2-14-7-9-15(10-8-14)11-18(12-20-13-18)16-5-3-4-6-17(16)19/h3-10,20H,2,11-13H2,1H3. The molecule has 1 N–H and O–H groups in total. The molecular weight excluding hydrogens is 310 g/mol. The van der Waals surface area contributed by atoms with Crippen LogP contribution in [0.25, 0.3) is 0 Å². The minimum atomic E-state index is 0.244. The lowest BCUT2D eigenvalue weighted by atomic mass is 9.71. The molecule has 1 fully saturated rings. The lowest BCUT2D eigenvalue weighted by Crippen LogP contribution is -2.58. The van der Waals surface area contributed by atoms with Crippen molar-refractivity contribution in [1.82, 2.24) is 5.32 Å². The van der Waals surface area contributed by atoms with Crippen LogP contribution in [-0.4, -0.2) is 13.1 Å². The summed E-state index contributed by atoms with van der Waals surface area (Å²) in [7, 11) is 0. The summed E-state index contributed by atoms with van der Waals surface area (Å²) in [6.45, 7) is 4.32. The maximum absolute atomic E-state index is 3.72. The molecule has 0 atom stereocenters. The van der Waals surface area contributed by atoms with Gasteiger partial charge in [-0.05, 0) is 35.6 Å². The van der Waals surface area contributed by atoms with Crippen molar-refractivity contribution in [3.05, 3.63) is 69.7 Å². The second-order valence-corrected chi connectivity index (χ2v) is 6.56. The van der Waals surface area contributed by atoms with E-state index in [4.69, 9.17) is 0 Å². The van der Waals surface area contributed by atoms with Gasteiger partial charge in [0.25, 0.3) is 0 Å². The molecule has 1 nitrogen and oxygen atoms in total. The number of hydrogen-bond donors (Lipinski definition) is 1. The lowest BCUT2D eigenvalue weighted by Gasteiger charge is -2.44. The highest BCUT2D eigenvalue weighted by Gasteiger charge is 2.39. The molecule has 104 valence electrons. The first kappa shape index (κ1) is 13.8. The van der Waals surface area contributed by atoms with Gasteiger partial charge in [0, 0.05) is 23.0 Å². The Bertz CT molecular complexity index is 585. The van der Waals surface area contributed by atoms with E-state index in [1.54, 1.807) is 0 Å². The van der Waals surface area contributed by atoms with Gasteiger partial charge < -0.3 is 5.32 Å². The first-order valence-corrected chi connectivity index (χ1v) is 8.06. The topological polar surface area (TPSA) is 12.0 Å². The minimum Gasteiger partial charge on any atom is -0.315 e. The van der Waals surface area contributed by atoms with E-state index in [1.807, 2.05) is 0 Å². The third kappa shape index (κ3) is 2.55. The normalized spacial score (nSPS) is 16.7. The molecule has 0 bridgehead atoms. The molecule has 1 aliphatic heterocycles. The van der Waals surface area contributed by atoms with Crippen LogP contribution in [0.3, 0.4) is 0 Å². The second kappa shape index (κ2) is 5.71. The van der Waals surface area contributed by atoms with Crippen molar-refractivity contribution >= 4 is 15.9 Å². The van der Waals surface area contributed by atoms with E-state index in [2.05, 4.69) is 76.7 Å². The molecule has 2 aromatic rings. The highest BCUT2D eigenvalue weighted by Crippen LogP contribution is 2.36. The van der Waals surface area contributed by atoms with Crippen LogP contribution in [0, 0.1) is 0 Å². The highest BCUT2D eigenvalue weighted by atomic mass is 79.9. The largest absolute Gasteiger partial charge is 0.315 e. The van der Waals surface area contributed by atoms with Crippen molar-refractivity contribution in [1.29, 1.82) is 0 Å². The summed E-state index contributed by atoms with van der Waals surface area (Å²) in [6, 6.07) is 17.7. The van der Waals surface area contributed by atoms with Crippen LogP contribution in [0.1, 0.15) is 23.6 Å². The molecule has 2 aromatic carbocycles. The summed E-state index contributed by atoms with van der Waals surface area (Å²) in [4.78, 5) is 0. The summed E-state index contributed by atoms with van der Waals surface area (Å²) in [6.07, 6.45) is 2.21. The van der Waals surface area contributed by atoms with Gasteiger partial charge in [0.05, 0.1) is 0 Å². The molecule has 3 rings (SSSR count). The van der Waals surface area contributed by atoms with Crippen molar-refractivity contribution < 1.29 is 0 Å². The first-order valence-electron chi connectivity index (χ1n) is 7.27. The summed E-state index contributed by atoms with van der Waals surface area (Å²) < 4.78 is 1.23. The van der Waals surface area contributed by atoms with E-state index in [1.165, 1.54) is 21.2 Å². The third-order valence-corrected chi connectivity index (χ3v) is 5.04. The van der Waals surface area contributed by atoms with Crippen molar-refractivity contribution in [2.24, 2.45) is 0 Å². The summed E-state index contributed by atoms with van der Waals surface area (Å²) in [5, 5.41) is 3.45. The Morgan fingerprint density at radius 2 is 1.65 bits per heavy atom. The van der Waals surface area contributed by atoms with E-state index in [9.17, 15) is 0 Å². The van der Waals surface area contributed by atoms with Gasteiger partial charge in [0.15, 0.2) is 0 Å². The van der Waals surface area contributed by atoms with Crippen LogP contribution < -0.4 is 5.32 Å². The molecule has 0 radical (unpaired) electrons. The van der Waals surface area contributed by atoms with Crippen molar-refractivity contribution in [2.75, 3.05) is 13.1 Å². The zero-order valence-electron chi connectivity index (χ0n) is 11.8. The third-order valence-electron chi connectivity index (χ3n) is 4.35. The van der Waals surface area contributed by atoms with E-state index in [-0.39, 0.29) is 5.41 Å². The lowest BCUT2D eigenvalue weighted by molar-refractivity contribution is 0.273. The Hall–Kier alpha value is -1.12. The summed E-state index contributed by atoms with van der Waals surface area (Å²) in [5.74, 6) is 0. The number of hydrogen-bond acceptors (Lipinski definition) is 1. The zero-order valence-corrected chi connectivity index (χ0v) is 13.4. The molecule has 2 heteroatoms. The molecule has 0 aliphatic carbocycles. The van der Waals surface area contributed by atoms with Crippen LogP contribution >= 0.6 is 15.9 Å². The molecule has 0 spiro atoms. The predicted molar refractivity (Wildman–Crippen MR) is 88.2 cm³/mol. The molecule has 1 saturated heterocycles. The summed E-state index contributed by atoms with van der Waals surface area (Å²) in [5.41, 5.74) is 4.52. The average molecular weight is 330 g/mol. The maximum atomic E-state index is 3.72. The smallest absolute Gasteiger partial charge is 0.0254 e. The Morgan fingerprint density at radius 3 is 2.20 bits per heavy atom. The fourth-order valence-corrected chi connectivity index (χ4v) is 3.72. The molecule has 0 aromatic heterocycles. The van der Waals surface area contributed by atoms with E-state index in [0.717, 1.165) is 25.9 Å². The number of rotatable bonds is 4. The number of nitrogens with one attached hydrogen (secondary N) is 1. The number of aryl methyl sites for hydroxylation is 1. The fourth-order valence-electron chi connectivity index (χ4n) is 3.01. The van der Waals surface area contributed by atoms with Crippen LogP contribution in [0.5, 0.6) is 0 Å². The highest BCUT2D eigenvalue weighted by molar-refractivity contribution is 9.10. The van der Waals surface area contributed by atoms with Crippen molar-refractivity contribution in [3.63, 3.8) is 0 Å². The number of benzene rings is 2. The molecular formula is C18H20BrN. The van der Waals surface area contributed by atoms with Gasteiger partial charge >= 0.3 is 0 Å². The molecule has 0 saturated carbocycles. The van der Waals surface area contributed by atoms with Crippen LogP contribution in [-0.2, 0) is 18.3 Å². The van der Waals surface area contributed by atoms with Crippen LogP contribution in [0.2, 0.25) is 0 Å².